The Morgan fingerprint density at radius 3 is 2.29 bits per heavy atom. The maximum atomic E-state index is 12.2. The van der Waals surface area contributed by atoms with Gasteiger partial charge in [-0.3, -0.25) is 0 Å². The van der Waals surface area contributed by atoms with Crippen molar-refractivity contribution in [1.82, 2.24) is 0 Å². The number of ether oxygens (including phenoxy) is 1. The smallest absolute Gasteiger partial charge is 0.339 e. The van der Waals surface area contributed by atoms with Gasteiger partial charge in [-0.25, -0.2) is 4.79 Å². The molecule has 0 spiro atoms. The summed E-state index contributed by atoms with van der Waals surface area (Å²) in [7, 11) is 0. The minimum Gasteiger partial charge on any atom is -0.550 e. The topological polar surface area (TPSA) is 66.4 Å². The maximum Gasteiger partial charge on any atom is 0.339 e. The van der Waals surface area contributed by atoms with E-state index in [1.54, 1.807) is 6.07 Å². The number of carbonyl (C=O) groups excluding carboxylic acids is 2. The third-order valence-electron chi connectivity index (χ3n) is 3.49. The standard InChI is InChI=1S/C14H13Br3O4/c15-8-5-10(12(17)11(16)6-8)14(20)21-9-3-1-7(2-4-9)13(18)19/h5-7,9H,1-4H2,(H,18,19)/p-1. The molecule has 4 nitrogen and oxygen atoms in total. The monoisotopic (exact) mass is 481 g/mol. The largest absolute Gasteiger partial charge is 0.550 e. The normalized spacial score (nSPS) is 21.9. The van der Waals surface area contributed by atoms with Gasteiger partial charge in [0.15, 0.2) is 0 Å². The van der Waals surface area contributed by atoms with Crippen molar-refractivity contribution in [2.45, 2.75) is 31.8 Å². The van der Waals surface area contributed by atoms with E-state index in [9.17, 15) is 14.7 Å². The van der Waals surface area contributed by atoms with Gasteiger partial charge in [-0.15, -0.1) is 0 Å². The number of rotatable bonds is 3. The molecule has 1 aliphatic rings. The molecule has 0 heterocycles. The first-order chi connectivity index (χ1) is 9.88. The van der Waals surface area contributed by atoms with Gasteiger partial charge in [-0.05, 0) is 75.6 Å². The van der Waals surface area contributed by atoms with E-state index in [1.807, 2.05) is 6.07 Å². The van der Waals surface area contributed by atoms with Gasteiger partial charge in [-0.1, -0.05) is 15.9 Å². The highest BCUT2D eigenvalue weighted by molar-refractivity contribution is 9.13. The number of hydrogen-bond acceptors (Lipinski definition) is 4. The molecule has 2 rings (SSSR count). The van der Waals surface area contributed by atoms with Crippen molar-refractivity contribution in [1.29, 1.82) is 0 Å². The molecule has 0 radical (unpaired) electrons. The number of carboxylic acid groups (broad SMARTS) is 1. The summed E-state index contributed by atoms with van der Waals surface area (Å²) in [4.78, 5) is 23.0. The van der Waals surface area contributed by atoms with Crippen molar-refractivity contribution in [2.24, 2.45) is 5.92 Å². The first-order valence-electron chi connectivity index (χ1n) is 6.45. The first-order valence-corrected chi connectivity index (χ1v) is 8.82. The van der Waals surface area contributed by atoms with Gasteiger partial charge < -0.3 is 14.6 Å². The number of carbonyl (C=O) groups is 2. The van der Waals surface area contributed by atoms with Crippen molar-refractivity contribution in [2.75, 3.05) is 0 Å². The predicted molar refractivity (Wildman–Crippen MR) is 85.7 cm³/mol. The molecular weight excluding hydrogens is 472 g/mol. The molecule has 1 saturated carbocycles. The van der Waals surface area contributed by atoms with Crippen LogP contribution in [0.2, 0.25) is 0 Å². The average molecular weight is 484 g/mol. The molecule has 1 aliphatic carbocycles. The number of hydrogen-bond donors (Lipinski definition) is 0. The van der Waals surface area contributed by atoms with Gasteiger partial charge in [-0.2, -0.15) is 0 Å². The number of esters is 1. The zero-order valence-electron chi connectivity index (χ0n) is 10.9. The second-order valence-electron chi connectivity index (χ2n) is 4.95. The molecule has 114 valence electrons. The summed E-state index contributed by atoms with van der Waals surface area (Å²) < 4.78 is 7.63. The highest BCUT2D eigenvalue weighted by atomic mass is 79.9. The van der Waals surface area contributed by atoms with E-state index in [2.05, 4.69) is 47.8 Å². The molecule has 0 aliphatic heterocycles. The van der Waals surface area contributed by atoms with Gasteiger partial charge in [0.2, 0.25) is 0 Å². The van der Waals surface area contributed by atoms with Crippen molar-refractivity contribution in [3.05, 3.63) is 31.1 Å². The Labute approximate surface area is 147 Å². The lowest BCUT2D eigenvalue weighted by molar-refractivity contribution is -0.312. The van der Waals surface area contributed by atoms with Crippen molar-refractivity contribution >= 4 is 59.7 Å². The van der Waals surface area contributed by atoms with Crippen LogP contribution in [0.25, 0.3) is 0 Å². The number of aliphatic carboxylic acids is 1. The molecule has 0 unspecified atom stereocenters. The molecule has 1 aromatic rings. The second kappa shape index (κ2) is 7.24. The van der Waals surface area contributed by atoms with Crippen LogP contribution >= 0.6 is 47.8 Å². The van der Waals surface area contributed by atoms with Crippen molar-refractivity contribution in [3.63, 3.8) is 0 Å². The van der Waals surface area contributed by atoms with Gasteiger partial charge in [0.1, 0.15) is 6.10 Å². The molecule has 1 aromatic carbocycles. The van der Waals surface area contributed by atoms with Gasteiger partial charge in [0.05, 0.1) is 5.56 Å². The van der Waals surface area contributed by atoms with E-state index in [0.29, 0.717) is 35.7 Å². The molecule has 21 heavy (non-hydrogen) atoms. The van der Waals surface area contributed by atoms with Crippen LogP contribution in [-0.4, -0.2) is 18.0 Å². The summed E-state index contributed by atoms with van der Waals surface area (Å²) in [5, 5.41) is 10.8. The van der Waals surface area contributed by atoms with Crippen LogP contribution in [0.5, 0.6) is 0 Å². The van der Waals surface area contributed by atoms with E-state index in [0.717, 1.165) is 8.95 Å². The molecule has 0 N–H and O–H groups in total. The van der Waals surface area contributed by atoms with Gasteiger partial charge in [0.25, 0.3) is 0 Å². The molecular formula is C14H12Br3O4-. The van der Waals surface area contributed by atoms with E-state index in [-0.39, 0.29) is 6.10 Å². The van der Waals surface area contributed by atoms with E-state index < -0.39 is 17.9 Å². The minimum absolute atomic E-state index is 0.238. The Bertz CT molecular complexity index is 566. The summed E-state index contributed by atoms with van der Waals surface area (Å²) in [5.74, 6) is -1.86. The fourth-order valence-corrected chi connectivity index (χ4v) is 3.95. The van der Waals surface area contributed by atoms with E-state index in [1.165, 1.54) is 0 Å². The van der Waals surface area contributed by atoms with E-state index in [4.69, 9.17) is 4.74 Å². The van der Waals surface area contributed by atoms with Crippen LogP contribution in [0.4, 0.5) is 0 Å². The Morgan fingerprint density at radius 2 is 1.71 bits per heavy atom. The quantitative estimate of drug-likeness (QED) is 0.488. The lowest BCUT2D eigenvalue weighted by atomic mass is 9.87. The third kappa shape index (κ3) is 4.29. The highest BCUT2D eigenvalue weighted by Crippen LogP contribution is 2.32. The van der Waals surface area contributed by atoms with Crippen LogP contribution < -0.4 is 5.11 Å². The molecule has 0 aromatic heterocycles. The maximum absolute atomic E-state index is 12.2. The van der Waals surface area contributed by atoms with Crippen LogP contribution in [0.15, 0.2) is 25.6 Å². The summed E-state index contributed by atoms with van der Waals surface area (Å²) in [6.07, 6.45) is 1.85. The number of halogens is 3. The molecule has 1 fully saturated rings. The average Bonchev–Trinajstić information content (AvgIpc) is 2.43. The fraction of sp³-hybridized carbons (Fsp3) is 0.429. The third-order valence-corrected chi connectivity index (χ3v) is 5.96. The molecule has 0 atom stereocenters. The van der Waals surface area contributed by atoms with Crippen LogP contribution in [-0.2, 0) is 9.53 Å². The molecule has 7 heteroatoms. The lowest BCUT2D eigenvalue weighted by Crippen LogP contribution is -2.35. The van der Waals surface area contributed by atoms with E-state index >= 15 is 0 Å². The first kappa shape index (κ1) is 17.0. The van der Waals surface area contributed by atoms with Crippen LogP contribution in [0.1, 0.15) is 36.0 Å². The summed E-state index contributed by atoms with van der Waals surface area (Å²) in [6, 6.07) is 3.51. The van der Waals surface area contributed by atoms with Gasteiger partial charge >= 0.3 is 5.97 Å². The summed E-state index contributed by atoms with van der Waals surface area (Å²) in [6.45, 7) is 0. The Kier molecular flexibility index (Phi) is 5.85. The molecule has 0 bridgehead atoms. The predicted octanol–water partition coefficient (Wildman–Crippen LogP) is 3.44. The summed E-state index contributed by atoms with van der Waals surface area (Å²) >= 11 is 10.0. The Hall–Kier alpha value is -0.400. The highest BCUT2D eigenvalue weighted by Gasteiger charge is 2.26. The molecule has 0 saturated heterocycles. The Balaban J connectivity index is 2.01. The number of carboxylic acids is 1. The number of benzene rings is 1. The summed E-state index contributed by atoms with van der Waals surface area (Å²) in [5.41, 5.74) is 0.429. The Morgan fingerprint density at radius 1 is 1.10 bits per heavy atom. The zero-order chi connectivity index (χ0) is 15.6. The van der Waals surface area contributed by atoms with Crippen LogP contribution in [0, 0.1) is 5.92 Å². The van der Waals surface area contributed by atoms with Crippen molar-refractivity contribution in [3.8, 4) is 0 Å². The van der Waals surface area contributed by atoms with Gasteiger partial charge in [0, 0.05) is 19.4 Å². The van der Waals surface area contributed by atoms with Crippen LogP contribution in [0.3, 0.4) is 0 Å². The molecule has 0 amide bonds. The minimum atomic E-state index is -1.02. The second-order valence-corrected chi connectivity index (χ2v) is 7.51. The zero-order valence-corrected chi connectivity index (χ0v) is 15.7. The van der Waals surface area contributed by atoms with Crippen molar-refractivity contribution < 1.29 is 19.4 Å². The SMILES string of the molecule is O=C(OC1CCC(C(=O)[O-])CC1)c1cc(Br)cc(Br)c1Br. The lowest BCUT2D eigenvalue weighted by Gasteiger charge is -2.28. The fourth-order valence-electron chi connectivity index (χ4n) is 2.34.